The molecule has 0 saturated heterocycles. The third kappa shape index (κ3) is 4.27. The van der Waals surface area contributed by atoms with Crippen LogP contribution >= 0.6 is 12.4 Å². The van der Waals surface area contributed by atoms with Crippen molar-refractivity contribution in [2.75, 3.05) is 19.7 Å². The van der Waals surface area contributed by atoms with Gasteiger partial charge in [0.05, 0.1) is 5.71 Å². The Morgan fingerprint density at radius 1 is 1.19 bits per heavy atom. The zero-order valence-corrected chi connectivity index (χ0v) is 20.1. The fourth-order valence-corrected chi connectivity index (χ4v) is 7.85. The fourth-order valence-electron chi connectivity index (χ4n) is 7.85. The monoisotopic (exact) mass is 453 g/mol. The number of ketones is 1. The first kappa shape index (κ1) is 24.5. The zero-order valence-electron chi connectivity index (χ0n) is 19.3. The van der Waals surface area contributed by atoms with Crippen molar-refractivity contribution in [1.82, 2.24) is 5.32 Å². The molecule has 4 aliphatic rings. The van der Waals surface area contributed by atoms with Gasteiger partial charge >= 0.3 is 0 Å². The van der Waals surface area contributed by atoms with E-state index in [1.165, 1.54) is 6.42 Å². The summed E-state index contributed by atoms with van der Waals surface area (Å²) < 4.78 is 0. The number of amides is 1. The molecule has 176 valence electrons. The minimum Gasteiger partial charge on any atom is -0.395 e. The van der Waals surface area contributed by atoms with Crippen molar-refractivity contribution in [3.05, 3.63) is 0 Å². The second kappa shape index (κ2) is 9.38. The van der Waals surface area contributed by atoms with Crippen LogP contribution in [0, 0.1) is 40.4 Å². The lowest BCUT2D eigenvalue weighted by atomic mass is 9.43. The third-order valence-corrected chi connectivity index (χ3v) is 9.41. The molecule has 0 heterocycles. The van der Waals surface area contributed by atoms with E-state index in [-0.39, 0.29) is 29.1 Å². The molecule has 7 atom stereocenters. The van der Waals surface area contributed by atoms with Gasteiger partial charge in [-0.2, -0.15) is 0 Å². The summed E-state index contributed by atoms with van der Waals surface area (Å²) in [7, 11) is 0. The van der Waals surface area contributed by atoms with E-state index in [0.29, 0.717) is 48.5 Å². The van der Waals surface area contributed by atoms with Gasteiger partial charge in [-0.25, -0.2) is 0 Å². The van der Waals surface area contributed by atoms with Crippen LogP contribution in [0.4, 0.5) is 0 Å². The van der Waals surface area contributed by atoms with Gasteiger partial charge in [0, 0.05) is 31.8 Å². The summed E-state index contributed by atoms with van der Waals surface area (Å²) in [4.78, 5) is 29.9. The normalized spacial score (nSPS) is 42.8. The SMILES string of the molecule is CC(=O)NCC1C[C@@H]2[C@@H](CC[C@]3(C)C(=O)CC[C@@H]23)[C@@]2(C)CCC(=NOCCN)CC12.Cl. The number of fused-ring (bicyclic) bond motifs is 5. The molecule has 1 amide bonds. The average molecular weight is 454 g/mol. The Balaban J connectivity index is 0.00000272. The minimum absolute atomic E-state index is 0. The Morgan fingerprint density at radius 2 is 1.97 bits per heavy atom. The Labute approximate surface area is 192 Å². The lowest BCUT2D eigenvalue weighted by Crippen LogP contribution is -2.57. The Hall–Kier alpha value is -1.14. The standard InChI is InChI=1S/C24H39N3O3.ClH/c1-15(28)26-14-16-12-18-19-4-5-22(29)24(19,3)9-7-20(18)23(2)8-6-17(13-21(16)23)27-30-11-10-25;/h16,18-21H,4-14,25H2,1-3H3,(H,26,28);1H/t16?,18-,19-,20+,21?,23+,24-;/m0./s1. The van der Waals surface area contributed by atoms with E-state index in [0.717, 1.165) is 57.2 Å². The molecule has 4 saturated carbocycles. The van der Waals surface area contributed by atoms with E-state index < -0.39 is 0 Å². The molecule has 31 heavy (non-hydrogen) atoms. The number of hydrogen-bond donors (Lipinski definition) is 2. The van der Waals surface area contributed by atoms with Crippen LogP contribution < -0.4 is 11.1 Å². The fraction of sp³-hybridized carbons (Fsp3) is 0.875. The third-order valence-electron chi connectivity index (χ3n) is 9.41. The second-order valence-electron chi connectivity index (χ2n) is 10.8. The molecule has 6 nitrogen and oxygen atoms in total. The van der Waals surface area contributed by atoms with Gasteiger partial charge in [-0.3, -0.25) is 9.59 Å². The molecule has 0 bridgehead atoms. The summed E-state index contributed by atoms with van der Waals surface area (Å²) in [6, 6.07) is 0. The van der Waals surface area contributed by atoms with E-state index in [1.807, 2.05) is 0 Å². The molecule has 3 N–H and O–H groups in total. The molecule has 4 aliphatic carbocycles. The average Bonchev–Trinajstić information content (AvgIpc) is 3.01. The van der Waals surface area contributed by atoms with Gasteiger partial charge in [0.1, 0.15) is 12.4 Å². The van der Waals surface area contributed by atoms with Crippen molar-refractivity contribution in [2.24, 2.45) is 51.3 Å². The summed E-state index contributed by atoms with van der Waals surface area (Å²) in [5, 5.41) is 7.52. The number of oxime groups is 1. The van der Waals surface area contributed by atoms with E-state index in [2.05, 4.69) is 24.3 Å². The lowest BCUT2D eigenvalue weighted by Gasteiger charge is -2.61. The first-order chi connectivity index (χ1) is 14.3. The highest BCUT2D eigenvalue weighted by Gasteiger charge is 2.61. The van der Waals surface area contributed by atoms with E-state index in [4.69, 9.17) is 10.6 Å². The van der Waals surface area contributed by atoms with Crippen LogP contribution in [0.1, 0.15) is 72.1 Å². The first-order valence-corrected chi connectivity index (χ1v) is 11.9. The van der Waals surface area contributed by atoms with Crippen molar-refractivity contribution in [1.29, 1.82) is 0 Å². The molecule has 0 aromatic carbocycles. The summed E-state index contributed by atoms with van der Waals surface area (Å²) in [6.45, 7) is 8.00. The van der Waals surface area contributed by atoms with Gasteiger partial charge in [-0.15, -0.1) is 12.4 Å². The Morgan fingerprint density at radius 3 is 2.68 bits per heavy atom. The smallest absolute Gasteiger partial charge is 0.216 e. The number of halogens is 1. The highest BCUT2D eigenvalue weighted by molar-refractivity contribution is 5.87. The number of carbonyl (C=O) groups excluding carboxylic acids is 2. The van der Waals surface area contributed by atoms with Crippen LogP contribution in [-0.4, -0.2) is 37.1 Å². The Kier molecular flexibility index (Phi) is 7.42. The molecule has 0 radical (unpaired) electrons. The van der Waals surface area contributed by atoms with Crippen molar-refractivity contribution in [3.63, 3.8) is 0 Å². The molecule has 0 spiro atoms. The number of nitrogens with two attached hydrogens (primary N) is 1. The molecular formula is C24H40ClN3O3. The molecule has 0 aliphatic heterocycles. The van der Waals surface area contributed by atoms with Crippen molar-refractivity contribution < 1.29 is 14.4 Å². The van der Waals surface area contributed by atoms with E-state index >= 15 is 0 Å². The topological polar surface area (TPSA) is 93.8 Å². The number of carbonyl (C=O) groups is 2. The highest BCUT2D eigenvalue weighted by atomic mass is 35.5. The van der Waals surface area contributed by atoms with Crippen LogP contribution in [-0.2, 0) is 14.4 Å². The van der Waals surface area contributed by atoms with Crippen molar-refractivity contribution in [3.8, 4) is 0 Å². The van der Waals surface area contributed by atoms with Crippen LogP contribution in [0.25, 0.3) is 0 Å². The summed E-state index contributed by atoms with van der Waals surface area (Å²) in [5.74, 6) is 3.25. The Bertz CT molecular complexity index is 729. The van der Waals surface area contributed by atoms with Gasteiger partial charge < -0.3 is 15.9 Å². The summed E-state index contributed by atoms with van der Waals surface area (Å²) in [6.07, 6.45) is 8.22. The van der Waals surface area contributed by atoms with Crippen LogP contribution in [0.15, 0.2) is 5.16 Å². The zero-order chi connectivity index (χ0) is 21.5. The number of nitrogens with zero attached hydrogens (tertiary/aromatic N) is 1. The maximum atomic E-state index is 12.7. The predicted octanol–water partition coefficient (Wildman–Crippen LogP) is 3.71. The van der Waals surface area contributed by atoms with Crippen molar-refractivity contribution >= 4 is 29.8 Å². The highest BCUT2D eigenvalue weighted by Crippen LogP contribution is 2.66. The summed E-state index contributed by atoms with van der Waals surface area (Å²) in [5.41, 5.74) is 6.82. The molecule has 4 fully saturated rings. The molecule has 7 heteroatoms. The molecule has 4 rings (SSSR count). The molecule has 2 unspecified atom stereocenters. The maximum absolute atomic E-state index is 12.7. The number of Topliss-reactive ketones (excluding diaryl/α,β-unsaturated/α-hetero) is 1. The van der Waals surface area contributed by atoms with Gasteiger partial charge in [-0.05, 0) is 80.0 Å². The first-order valence-electron chi connectivity index (χ1n) is 11.9. The minimum atomic E-state index is -0.111. The largest absolute Gasteiger partial charge is 0.395 e. The molecule has 0 aromatic rings. The quantitative estimate of drug-likeness (QED) is 0.490. The number of nitrogens with one attached hydrogen (secondary N) is 1. The lowest BCUT2D eigenvalue weighted by molar-refractivity contribution is -0.142. The van der Waals surface area contributed by atoms with E-state index in [9.17, 15) is 9.59 Å². The van der Waals surface area contributed by atoms with Crippen molar-refractivity contribution in [2.45, 2.75) is 72.1 Å². The molecular weight excluding hydrogens is 414 g/mol. The predicted molar refractivity (Wildman–Crippen MR) is 124 cm³/mol. The van der Waals surface area contributed by atoms with Gasteiger partial charge in [0.25, 0.3) is 0 Å². The van der Waals surface area contributed by atoms with Gasteiger partial charge in [-0.1, -0.05) is 19.0 Å². The van der Waals surface area contributed by atoms with E-state index in [1.54, 1.807) is 6.92 Å². The van der Waals surface area contributed by atoms with Gasteiger partial charge in [0.15, 0.2) is 0 Å². The molecule has 0 aromatic heterocycles. The summed E-state index contributed by atoms with van der Waals surface area (Å²) >= 11 is 0. The number of hydrogen-bond acceptors (Lipinski definition) is 5. The van der Waals surface area contributed by atoms with Crippen LogP contribution in [0.2, 0.25) is 0 Å². The number of rotatable bonds is 5. The maximum Gasteiger partial charge on any atom is 0.216 e. The van der Waals surface area contributed by atoms with Gasteiger partial charge in [0.2, 0.25) is 5.91 Å². The van der Waals surface area contributed by atoms with Crippen LogP contribution in [0.5, 0.6) is 0 Å². The van der Waals surface area contributed by atoms with Crippen LogP contribution in [0.3, 0.4) is 0 Å². The second-order valence-corrected chi connectivity index (χ2v) is 10.8.